The van der Waals surface area contributed by atoms with E-state index >= 15 is 0 Å². The number of nitrogens with one attached hydrogen (secondary N) is 3. The molecule has 0 spiro atoms. The molecule has 1 unspecified atom stereocenters. The highest BCUT2D eigenvalue weighted by Crippen LogP contribution is 2.17. The third-order valence-electron chi connectivity index (χ3n) is 4.38. The lowest BCUT2D eigenvalue weighted by molar-refractivity contribution is -0.120. The summed E-state index contributed by atoms with van der Waals surface area (Å²) < 4.78 is 0. The Labute approximate surface area is 160 Å². The fourth-order valence-electron chi connectivity index (χ4n) is 3.01. The predicted octanol–water partition coefficient (Wildman–Crippen LogP) is 2.39. The van der Waals surface area contributed by atoms with Gasteiger partial charge < -0.3 is 16.0 Å². The Hall–Kier alpha value is -1.73. The van der Waals surface area contributed by atoms with E-state index in [0.717, 1.165) is 24.5 Å². The number of rotatable bonds is 9. The van der Waals surface area contributed by atoms with Crippen molar-refractivity contribution in [2.24, 2.45) is 0 Å². The molecular formula is C19H30N4O2S. The number of benzene rings is 1. The van der Waals surface area contributed by atoms with Crippen LogP contribution in [-0.2, 0) is 9.59 Å². The van der Waals surface area contributed by atoms with Crippen molar-refractivity contribution in [3.8, 4) is 0 Å². The third kappa shape index (κ3) is 6.88. The first-order valence-corrected chi connectivity index (χ1v) is 10.6. The van der Waals surface area contributed by atoms with Crippen LogP contribution in [0.4, 0.5) is 11.4 Å². The summed E-state index contributed by atoms with van der Waals surface area (Å²) in [6.07, 6.45) is 5.54. The number of carbonyl (C=O) groups excluding carboxylic acids is 2. The molecule has 1 heterocycles. The Balaban J connectivity index is 1.84. The van der Waals surface area contributed by atoms with Gasteiger partial charge in [-0.3, -0.25) is 14.5 Å². The summed E-state index contributed by atoms with van der Waals surface area (Å²) in [5, 5.41) is 8.96. The molecule has 2 rings (SSSR count). The van der Waals surface area contributed by atoms with Crippen LogP contribution >= 0.6 is 11.8 Å². The minimum Gasteiger partial charge on any atom is -0.383 e. The summed E-state index contributed by atoms with van der Waals surface area (Å²) in [4.78, 5) is 26.4. The smallest absolute Gasteiger partial charge is 0.238 e. The van der Waals surface area contributed by atoms with E-state index in [4.69, 9.17) is 0 Å². The SMILES string of the molecule is CCNC(=O)C(CNc1cccc(NC(=O)CN2CCCCC2)c1)SC. The monoisotopic (exact) mass is 378 g/mol. The molecule has 2 amide bonds. The third-order valence-corrected chi connectivity index (χ3v) is 5.33. The van der Waals surface area contributed by atoms with Crippen molar-refractivity contribution in [2.75, 3.05) is 49.6 Å². The van der Waals surface area contributed by atoms with E-state index in [2.05, 4.69) is 20.9 Å². The van der Waals surface area contributed by atoms with Crippen molar-refractivity contribution in [2.45, 2.75) is 31.4 Å². The lowest BCUT2D eigenvalue weighted by Crippen LogP contribution is -2.37. The molecule has 144 valence electrons. The van der Waals surface area contributed by atoms with E-state index in [9.17, 15) is 9.59 Å². The molecule has 1 atom stereocenters. The van der Waals surface area contributed by atoms with Gasteiger partial charge in [-0.05, 0) is 57.3 Å². The fourth-order valence-corrected chi connectivity index (χ4v) is 3.56. The van der Waals surface area contributed by atoms with Crippen LogP contribution < -0.4 is 16.0 Å². The van der Waals surface area contributed by atoms with Crippen molar-refractivity contribution in [3.63, 3.8) is 0 Å². The number of hydrogen-bond donors (Lipinski definition) is 3. The number of likely N-dealkylation sites (tertiary alicyclic amines) is 1. The lowest BCUT2D eigenvalue weighted by atomic mass is 10.1. The molecule has 0 radical (unpaired) electrons. The summed E-state index contributed by atoms with van der Waals surface area (Å²) in [7, 11) is 0. The van der Waals surface area contributed by atoms with E-state index in [1.54, 1.807) is 0 Å². The van der Waals surface area contributed by atoms with Crippen LogP contribution in [0.3, 0.4) is 0 Å². The zero-order valence-electron chi connectivity index (χ0n) is 15.7. The Morgan fingerprint density at radius 2 is 1.92 bits per heavy atom. The second-order valence-electron chi connectivity index (χ2n) is 6.47. The van der Waals surface area contributed by atoms with Gasteiger partial charge in [0.05, 0.1) is 6.54 Å². The van der Waals surface area contributed by atoms with Crippen LogP contribution in [0.15, 0.2) is 24.3 Å². The van der Waals surface area contributed by atoms with Gasteiger partial charge in [0.1, 0.15) is 5.25 Å². The van der Waals surface area contributed by atoms with Gasteiger partial charge in [-0.25, -0.2) is 0 Å². The number of carbonyl (C=O) groups is 2. The Morgan fingerprint density at radius 1 is 1.19 bits per heavy atom. The summed E-state index contributed by atoms with van der Waals surface area (Å²) in [6.45, 7) is 5.55. The van der Waals surface area contributed by atoms with E-state index in [-0.39, 0.29) is 17.1 Å². The number of nitrogens with zero attached hydrogens (tertiary/aromatic N) is 1. The largest absolute Gasteiger partial charge is 0.383 e. The highest BCUT2D eigenvalue weighted by Gasteiger charge is 2.16. The molecule has 1 aliphatic heterocycles. The van der Waals surface area contributed by atoms with Gasteiger partial charge in [-0.15, -0.1) is 0 Å². The maximum Gasteiger partial charge on any atom is 0.238 e. The normalized spacial score (nSPS) is 15.9. The first-order chi connectivity index (χ1) is 12.6. The second kappa shape index (κ2) is 11.1. The minimum absolute atomic E-state index is 0.0216. The molecule has 0 bridgehead atoms. The van der Waals surface area contributed by atoms with Crippen LogP contribution in [0.2, 0.25) is 0 Å². The van der Waals surface area contributed by atoms with Gasteiger partial charge in [-0.1, -0.05) is 12.5 Å². The standard InChI is InChI=1S/C19H30N4O2S/c1-3-20-19(25)17(26-2)13-21-15-8-7-9-16(12-15)22-18(24)14-23-10-5-4-6-11-23/h7-9,12,17,21H,3-6,10-11,13-14H2,1-2H3,(H,20,25)(H,22,24). The van der Waals surface area contributed by atoms with Crippen LogP contribution in [0.25, 0.3) is 0 Å². The summed E-state index contributed by atoms with van der Waals surface area (Å²) in [6, 6.07) is 7.63. The van der Waals surface area contributed by atoms with Crippen LogP contribution in [0.5, 0.6) is 0 Å². The van der Waals surface area contributed by atoms with Crippen molar-refractivity contribution in [3.05, 3.63) is 24.3 Å². The zero-order valence-corrected chi connectivity index (χ0v) is 16.5. The first kappa shape index (κ1) is 20.6. The molecule has 0 aromatic heterocycles. The van der Waals surface area contributed by atoms with E-state index in [1.165, 1.54) is 31.0 Å². The molecule has 26 heavy (non-hydrogen) atoms. The molecule has 1 aliphatic rings. The van der Waals surface area contributed by atoms with Gasteiger partial charge in [0.15, 0.2) is 0 Å². The van der Waals surface area contributed by atoms with Crippen molar-refractivity contribution >= 4 is 35.0 Å². The second-order valence-corrected chi connectivity index (χ2v) is 7.51. The molecular weight excluding hydrogens is 348 g/mol. The number of anilines is 2. The minimum atomic E-state index is -0.146. The summed E-state index contributed by atoms with van der Waals surface area (Å²) in [5.74, 6) is 0.0619. The van der Waals surface area contributed by atoms with E-state index < -0.39 is 0 Å². The molecule has 7 heteroatoms. The zero-order chi connectivity index (χ0) is 18.8. The number of thioether (sulfide) groups is 1. The molecule has 0 saturated carbocycles. The molecule has 1 aromatic carbocycles. The van der Waals surface area contributed by atoms with Gasteiger partial charge in [-0.2, -0.15) is 11.8 Å². The topological polar surface area (TPSA) is 73.5 Å². The van der Waals surface area contributed by atoms with Crippen molar-refractivity contribution < 1.29 is 9.59 Å². The molecule has 0 aliphatic carbocycles. The first-order valence-electron chi connectivity index (χ1n) is 9.29. The average Bonchev–Trinajstić information content (AvgIpc) is 2.63. The van der Waals surface area contributed by atoms with Gasteiger partial charge >= 0.3 is 0 Å². The van der Waals surface area contributed by atoms with Crippen molar-refractivity contribution in [1.29, 1.82) is 0 Å². The van der Waals surface area contributed by atoms with Crippen molar-refractivity contribution in [1.82, 2.24) is 10.2 Å². The van der Waals surface area contributed by atoms with Crippen LogP contribution in [-0.4, -0.2) is 60.9 Å². The average molecular weight is 379 g/mol. The number of hydrogen-bond acceptors (Lipinski definition) is 5. The highest BCUT2D eigenvalue weighted by atomic mass is 32.2. The lowest BCUT2D eigenvalue weighted by Gasteiger charge is -2.25. The molecule has 1 fully saturated rings. The van der Waals surface area contributed by atoms with E-state index in [1.807, 2.05) is 37.4 Å². The molecule has 1 saturated heterocycles. The van der Waals surface area contributed by atoms with Gasteiger partial charge in [0.25, 0.3) is 0 Å². The number of amides is 2. The highest BCUT2D eigenvalue weighted by molar-refractivity contribution is 7.99. The van der Waals surface area contributed by atoms with Crippen LogP contribution in [0, 0.1) is 0 Å². The Morgan fingerprint density at radius 3 is 2.62 bits per heavy atom. The fraction of sp³-hybridized carbons (Fsp3) is 0.579. The maximum atomic E-state index is 12.2. The van der Waals surface area contributed by atoms with E-state index in [0.29, 0.717) is 19.6 Å². The summed E-state index contributed by atoms with van der Waals surface area (Å²) >= 11 is 1.52. The molecule has 6 nitrogen and oxygen atoms in total. The summed E-state index contributed by atoms with van der Waals surface area (Å²) in [5.41, 5.74) is 1.67. The molecule has 1 aromatic rings. The Kier molecular flexibility index (Phi) is 8.77. The van der Waals surface area contributed by atoms with Crippen LogP contribution in [0.1, 0.15) is 26.2 Å². The Bertz CT molecular complexity index is 591. The predicted molar refractivity (Wildman–Crippen MR) is 110 cm³/mol. The van der Waals surface area contributed by atoms with Gasteiger partial charge in [0.2, 0.25) is 11.8 Å². The van der Waals surface area contributed by atoms with Gasteiger partial charge in [0, 0.05) is 24.5 Å². The maximum absolute atomic E-state index is 12.2. The quantitative estimate of drug-likeness (QED) is 0.615. The molecule has 3 N–H and O–H groups in total. The number of piperidine rings is 1.